The van der Waals surface area contributed by atoms with Crippen LogP contribution in [0.3, 0.4) is 0 Å². The first-order valence-electron chi connectivity index (χ1n) is 6.57. The van der Waals surface area contributed by atoms with Crippen molar-refractivity contribution in [2.75, 3.05) is 26.3 Å². The lowest BCUT2D eigenvalue weighted by atomic mass is 10.2. The Labute approximate surface area is 121 Å². The average molecular weight is 305 g/mol. The maximum Gasteiger partial charge on any atom is 0.406 e. The molecule has 0 radical (unpaired) electrons. The number of aliphatic hydroxyl groups excluding tert-OH is 1. The van der Waals surface area contributed by atoms with Gasteiger partial charge in [-0.1, -0.05) is 13.0 Å². The molecule has 0 aliphatic rings. The Morgan fingerprint density at radius 3 is 2.67 bits per heavy atom. The summed E-state index contributed by atoms with van der Waals surface area (Å²) < 4.78 is 42.7. The van der Waals surface area contributed by atoms with Crippen molar-refractivity contribution in [2.24, 2.45) is 0 Å². The van der Waals surface area contributed by atoms with E-state index in [1.807, 2.05) is 6.92 Å². The molecule has 0 aliphatic heterocycles. The predicted molar refractivity (Wildman–Crippen MR) is 71.3 cm³/mol. The van der Waals surface area contributed by atoms with Gasteiger partial charge in [-0.15, -0.1) is 0 Å². The Bertz CT molecular complexity index is 463. The van der Waals surface area contributed by atoms with Crippen molar-refractivity contribution in [3.8, 4) is 5.75 Å². The molecular weight excluding hydrogens is 287 g/mol. The van der Waals surface area contributed by atoms with Gasteiger partial charge in [-0.25, -0.2) is 0 Å². The summed E-state index contributed by atoms with van der Waals surface area (Å²) in [5.41, 5.74) is 0.0984. The molecule has 0 aromatic heterocycles. The quantitative estimate of drug-likeness (QED) is 0.842. The molecule has 0 spiro atoms. The Hall–Kier alpha value is -1.76. The van der Waals surface area contributed by atoms with Gasteiger partial charge in [0.25, 0.3) is 5.91 Å². The van der Waals surface area contributed by atoms with E-state index in [0.29, 0.717) is 17.3 Å². The summed E-state index contributed by atoms with van der Waals surface area (Å²) in [4.78, 5) is 12.7. The molecule has 1 rings (SSSR count). The van der Waals surface area contributed by atoms with Crippen LogP contribution in [-0.2, 0) is 0 Å². The Kier molecular flexibility index (Phi) is 6.48. The van der Waals surface area contributed by atoms with Crippen molar-refractivity contribution < 1.29 is 27.8 Å². The molecule has 0 atom stereocenters. The lowest BCUT2D eigenvalue weighted by molar-refractivity contribution is -0.141. The molecule has 4 nitrogen and oxygen atoms in total. The van der Waals surface area contributed by atoms with Crippen LogP contribution in [0.2, 0.25) is 0 Å². The number of hydrogen-bond acceptors (Lipinski definition) is 3. The molecule has 1 aromatic carbocycles. The second-order valence-corrected chi connectivity index (χ2v) is 4.44. The van der Waals surface area contributed by atoms with E-state index in [4.69, 9.17) is 9.84 Å². The van der Waals surface area contributed by atoms with Gasteiger partial charge in [0.15, 0.2) is 0 Å². The van der Waals surface area contributed by atoms with Crippen LogP contribution in [0.1, 0.15) is 23.7 Å². The van der Waals surface area contributed by atoms with E-state index in [-0.39, 0.29) is 12.1 Å². The summed E-state index contributed by atoms with van der Waals surface area (Å²) in [6.45, 7) is 0.0700. The zero-order chi connectivity index (χ0) is 15.9. The standard InChI is InChI=1S/C14H18F3NO3/c1-2-8-21-12-5-3-4-11(9-12)13(20)18(6-7-19)10-14(15,16)17/h3-5,9,19H,2,6-8,10H2,1H3. The van der Waals surface area contributed by atoms with Crippen molar-refractivity contribution >= 4 is 5.91 Å². The van der Waals surface area contributed by atoms with E-state index in [0.717, 1.165) is 6.42 Å². The number of hydrogen-bond donors (Lipinski definition) is 1. The minimum atomic E-state index is -4.51. The normalized spacial score (nSPS) is 11.3. The summed E-state index contributed by atoms with van der Waals surface area (Å²) in [5.74, 6) is -0.359. The fraction of sp³-hybridized carbons (Fsp3) is 0.500. The van der Waals surface area contributed by atoms with Crippen LogP contribution in [0.25, 0.3) is 0 Å². The number of nitrogens with zero attached hydrogens (tertiary/aromatic N) is 1. The van der Waals surface area contributed by atoms with E-state index in [2.05, 4.69) is 0 Å². The molecule has 0 saturated carbocycles. The molecule has 0 aliphatic carbocycles. The highest BCUT2D eigenvalue weighted by Crippen LogP contribution is 2.20. The topological polar surface area (TPSA) is 49.8 Å². The molecule has 21 heavy (non-hydrogen) atoms. The fourth-order valence-corrected chi connectivity index (χ4v) is 1.71. The molecule has 0 heterocycles. The molecule has 0 fully saturated rings. The molecule has 0 bridgehead atoms. The maximum absolute atomic E-state index is 12.5. The summed E-state index contributed by atoms with van der Waals surface area (Å²) in [6.07, 6.45) is -3.73. The highest BCUT2D eigenvalue weighted by molar-refractivity contribution is 5.94. The first-order valence-corrected chi connectivity index (χ1v) is 6.57. The van der Waals surface area contributed by atoms with Crippen LogP contribution < -0.4 is 4.74 Å². The third-order valence-electron chi connectivity index (χ3n) is 2.58. The number of alkyl halides is 3. The van der Waals surface area contributed by atoms with Crippen LogP contribution in [0.4, 0.5) is 13.2 Å². The van der Waals surface area contributed by atoms with Gasteiger partial charge in [0.2, 0.25) is 0 Å². The lowest BCUT2D eigenvalue weighted by Crippen LogP contribution is -2.40. The summed E-state index contributed by atoms with van der Waals surface area (Å²) in [6, 6.07) is 6.00. The van der Waals surface area contributed by atoms with Gasteiger partial charge in [0.05, 0.1) is 13.2 Å². The van der Waals surface area contributed by atoms with Crippen molar-refractivity contribution in [1.82, 2.24) is 4.90 Å². The second kappa shape index (κ2) is 7.87. The second-order valence-electron chi connectivity index (χ2n) is 4.44. The minimum absolute atomic E-state index is 0.0984. The number of rotatable bonds is 7. The fourth-order valence-electron chi connectivity index (χ4n) is 1.71. The molecule has 1 aromatic rings. The number of amides is 1. The number of aliphatic hydroxyl groups is 1. The van der Waals surface area contributed by atoms with Gasteiger partial charge in [-0.05, 0) is 24.6 Å². The summed E-state index contributed by atoms with van der Waals surface area (Å²) >= 11 is 0. The zero-order valence-electron chi connectivity index (χ0n) is 11.7. The first kappa shape index (κ1) is 17.3. The number of carbonyl (C=O) groups is 1. The average Bonchev–Trinajstić information content (AvgIpc) is 2.43. The van der Waals surface area contributed by atoms with E-state index < -0.39 is 25.2 Å². The van der Waals surface area contributed by atoms with Crippen molar-refractivity contribution in [3.05, 3.63) is 29.8 Å². The SMILES string of the molecule is CCCOc1cccc(C(=O)N(CCO)CC(F)(F)F)c1. The van der Waals surface area contributed by atoms with Crippen molar-refractivity contribution in [3.63, 3.8) is 0 Å². The maximum atomic E-state index is 12.5. The largest absolute Gasteiger partial charge is 0.494 e. The van der Waals surface area contributed by atoms with Crippen molar-refractivity contribution in [2.45, 2.75) is 19.5 Å². The Morgan fingerprint density at radius 2 is 2.10 bits per heavy atom. The summed E-state index contributed by atoms with van der Waals surface area (Å²) in [7, 11) is 0. The smallest absolute Gasteiger partial charge is 0.406 e. The van der Waals surface area contributed by atoms with Crippen molar-refractivity contribution in [1.29, 1.82) is 0 Å². The number of ether oxygens (including phenoxy) is 1. The van der Waals surface area contributed by atoms with Gasteiger partial charge in [0.1, 0.15) is 12.3 Å². The highest BCUT2D eigenvalue weighted by atomic mass is 19.4. The monoisotopic (exact) mass is 305 g/mol. The number of halogens is 3. The van der Waals surface area contributed by atoms with Crippen LogP contribution in [0.15, 0.2) is 24.3 Å². The number of carbonyl (C=O) groups excluding carboxylic acids is 1. The van der Waals surface area contributed by atoms with Crippen LogP contribution in [0, 0.1) is 0 Å². The van der Waals surface area contributed by atoms with Crippen LogP contribution in [-0.4, -0.2) is 48.4 Å². The Morgan fingerprint density at radius 1 is 1.38 bits per heavy atom. The number of benzene rings is 1. The molecule has 118 valence electrons. The molecule has 1 amide bonds. The van der Waals surface area contributed by atoms with Gasteiger partial charge in [-0.3, -0.25) is 4.79 Å². The zero-order valence-corrected chi connectivity index (χ0v) is 11.7. The van der Waals surface area contributed by atoms with E-state index >= 15 is 0 Å². The van der Waals surface area contributed by atoms with Gasteiger partial charge in [0, 0.05) is 12.1 Å². The minimum Gasteiger partial charge on any atom is -0.494 e. The molecule has 1 N–H and O–H groups in total. The van der Waals surface area contributed by atoms with E-state index in [9.17, 15) is 18.0 Å². The van der Waals surface area contributed by atoms with Crippen LogP contribution in [0.5, 0.6) is 5.75 Å². The third-order valence-corrected chi connectivity index (χ3v) is 2.58. The van der Waals surface area contributed by atoms with E-state index in [1.165, 1.54) is 12.1 Å². The van der Waals surface area contributed by atoms with E-state index in [1.54, 1.807) is 12.1 Å². The van der Waals surface area contributed by atoms with Crippen LogP contribution >= 0.6 is 0 Å². The first-order chi connectivity index (χ1) is 9.87. The molecule has 0 unspecified atom stereocenters. The molecular formula is C14H18F3NO3. The molecule has 0 saturated heterocycles. The van der Waals surface area contributed by atoms with Gasteiger partial charge < -0.3 is 14.7 Å². The summed E-state index contributed by atoms with van der Waals surface area (Å²) in [5, 5.41) is 8.81. The Balaban J connectivity index is 2.87. The molecule has 7 heteroatoms. The predicted octanol–water partition coefficient (Wildman–Crippen LogP) is 2.47. The van der Waals surface area contributed by atoms with Gasteiger partial charge in [-0.2, -0.15) is 13.2 Å². The lowest BCUT2D eigenvalue weighted by Gasteiger charge is -2.23. The highest BCUT2D eigenvalue weighted by Gasteiger charge is 2.33. The van der Waals surface area contributed by atoms with Gasteiger partial charge >= 0.3 is 6.18 Å². The third kappa shape index (κ3) is 6.03.